The molecular weight excluding hydrogens is 472 g/mol. The molecule has 0 aliphatic rings. The smallest absolute Gasteiger partial charge is 0.243 e. The number of hydrogen-bond donors (Lipinski definition) is 1. The number of amides is 1. The van der Waals surface area contributed by atoms with Crippen molar-refractivity contribution in [3.63, 3.8) is 0 Å². The number of benzene rings is 2. The summed E-state index contributed by atoms with van der Waals surface area (Å²) in [5.74, 6) is -0.365. The van der Waals surface area contributed by atoms with Gasteiger partial charge < -0.3 is 5.32 Å². The molecule has 5 nitrogen and oxygen atoms in total. The predicted octanol–water partition coefficient (Wildman–Crippen LogP) is 3.71. The maximum absolute atomic E-state index is 12.5. The van der Waals surface area contributed by atoms with Crippen LogP contribution in [0.15, 0.2) is 62.4 Å². The summed E-state index contributed by atoms with van der Waals surface area (Å²) in [4.78, 5) is 12.4. The van der Waals surface area contributed by atoms with Gasteiger partial charge in [-0.3, -0.25) is 4.79 Å². The number of halogens is 2. The van der Waals surface area contributed by atoms with Gasteiger partial charge in [-0.05, 0) is 48.9 Å². The Morgan fingerprint density at radius 2 is 1.76 bits per heavy atom. The molecule has 134 valence electrons. The van der Waals surface area contributed by atoms with E-state index in [1.54, 1.807) is 12.1 Å². The number of carbonyl (C=O) groups excluding carboxylic acids is 1. The maximum atomic E-state index is 12.5. The first-order valence-corrected chi connectivity index (χ1v) is 10.5. The summed E-state index contributed by atoms with van der Waals surface area (Å²) >= 11 is 6.66. The van der Waals surface area contributed by atoms with Gasteiger partial charge in [-0.2, -0.15) is 4.31 Å². The van der Waals surface area contributed by atoms with E-state index in [2.05, 4.69) is 37.2 Å². The minimum absolute atomic E-state index is 0.144. The van der Waals surface area contributed by atoms with Crippen molar-refractivity contribution in [1.29, 1.82) is 0 Å². The SMILES string of the molecule is C[C@@H](NC(=O)CN(C)S(=O)(=O)c1ccc(Br)cc1)c1cccc(Br)c1. The van der Waals surface area contributed by atoms with Crippen LogP contribution in [0.4, 0.5) is 0 Å². The van der Waals surface area contributed by atoms with Gasteiger partial charge in [-0.1, -0.05) is 44.0 Å². The number of rotatable bonds is 6. The Labute approximate surface area is 164 Å². The molecule has 0 aliphatic carbocycles. The van der Waals surface area contributed by atoms with E-state index in [-0.39, 0.29) is 23.4 Å². The average molecular weight is 490 g/mol. The van der Waals surface area contributed by atoms with Crippen LogP contribution in [-0.4, -0.2) is 32.2 Å². The zero-order chi connectivity index (χ0) is 18.6. The van der Waals surface area contributed by atoms with Gasteiger partial charge in [0.15, 0.2) is 0 Å². The molecule has 1 atom stereocenters. The molecule has 0 saturated carbocycles. The molecule has 0 spiro atoms. The van der Waals surface area contributed by atoms with Crippen molar-refractivity contribution < 1.29 is 13.2 Å². The Morgan fingerprint density at radius 3 is 2.36 bits per heavy atom. The Bertz CT molecular complexity index is 854. The second-order valence-corrected chi connectivity index (χ2v) is 9.44. The molecule has 0 aliphatic heterocycles. The third-order valence-corrected chi connectivity index (χ3v) is 6.45. The molecule has 0 heterocycles. The number of nitrogens with zero attached hydrogens (tertiary/aromatic N) is 1. The van der Waals surface area contributed by atoms with E-state index in [4.69, 9.17) is 0 Å². The van der Waals surface area contributed by atoms with Crippen molar-refractivity contribution in [1.82, 2.24) is 9.62 Å². The first-order chi connectivity index (χ1) is 11.7. The van der Waals surface area contributed by atoms with Crippen molar-refractivity contribution >= 4 is 47.8 Å². The quantitative estimate of drug-likeness (QED) is 0.672. The summed E-state index contributed by atoms with van der Waals surface area (Å²) in [6.45, 7) is 1.60. The minimum Gasteiger partial charge on any atom is -0.348 e. The van der Waals surface area contributed by atoms with Crippen LogP contribution in [0, 0.1) is 0 Å². The van der Waals surface area contributed by atoms with Gasteiger partial charge in [0.05, 0.1) is 17.5 Å². The van der Waals surface area contributed by atoms with E-state index in [0.29, 0.717) is 0 Å². The number of sulfonamides is 1. The molecule has 0 radical (unpaired) electrons. The summed E-state index contributed by atoms with van der Waals surface area (Å²) in [6.07, 6.45) is 0. The number of carbonyl (C=O) groups is 1. The molecular formula is C17H18Br2N2O3S. The maximum Gasteiger partial charge on any atom is 0.243 e. The zero-order valence-corrected chi connectivity index (χ0v) is 17.7. The van der Waals surface area contributed by atoms with E-state index in [0.717, 1.165) is 18.8 Å². The fourth-order valence-electron chi connectivity index (χ4n) is 2.22. The fraction of sp³-hybridized carbons (Fsp3) is 0.235. The number of nitrogens with one attached hydrogen (secondary N) is 1. The van der Waals surface area contributed by atoms with Crippen molar-refractivity contribution in [2.24, 2.45) is 0 Å². The lowest BCUT2D eigenvalue weighted by atomic mass is 10.1. The normalized spacial score (nSPS) is 12.8. The van der Waals surface area contributed by atoms with Gasteiger partial charge in [-0.15, -0.1) is 0 Å². The first kappa shape index (κ1) is 20.1. The largest absolute Gasteiger partial charge is 0.348 e. The predicted molar refractivity (Wildman–Crippen MR) is 105 cm³/mol. The van der Waals surface area contributed by atoms with Gasteiger partial charge in [0.25, 0.3) is 0 Å². The molecule has 0 bridgehead atoms. The summed E-state index contributed by atoms with van der Waals surface area (Å²) in [5, 5.41) is 2.81. The van der Waals surface area contributed by atoms with E-state index < -0.39 is 10.0 Å². The molecule has 2 aromatic rings. The van der Waals surface area contributed by atoms with Gasteiger partial charge in [0.2, 0.25) is 15.9 Å². The third kappa shape index (κ3) is 5.37. The third-order valence-electron chi connectivity index (χ3n) is 3.61. The molecule has 2 rings (SSSR count). The Hall–Kier alpha value is -1.22. The highest BCUT2D eigenvalue weighted by Gasteiger charge is 2.23. The molecule has 0 saturated heterocycles. The van der Waals surface area contributed by atoms with E-state index in [9.17, 15) is 13.2 Å². The second-order valence-electron chi connectivity index (χ2n) is 5.56. The monoisotopic (exact) mass is 488 g/mol. The Balaban J connectivity index is 2.03. The summed E-state index contributed by atoms with van der Waals surface area (Å²) in [7, 11) is -2.32. The molecule has 0 fully saturated rings. The minimum atomic E-state index is -3.71. The van der Waals surface area contributed by atoms with Gasteiger partial charge in [-0.25, -0.2) is 8.42 Å². The molecule has 25 heavy (non-hydrogen) atoms. The van der Waals surface area contributed by atoms with Gasteiger partial charge >= 0.3 is 0 Å². The molecule has 0 unspecified atom stereocenters. The van der Waals surface area contributed by atoms with Crippen molar-refractivity contribution in [2.45, 2.75) is 17.9 Å². The second kappa shape index (κ2) is 8.44. The Kier molecular flexibility index (Phi) is 6.79. The first-order valence-electron chi connectivity index (χ1n) is 7.47. The van der Waals surface area contributed by atoms with Crippen LogP contribution < -0.4 is 5.32 Å². The topological polar surface area (TPSA) is 66.5 Å². The fourth-order valence-corrected chi connectivity index (χ4v) is 4.03. The molecule has 2 aromatic carbocycles. The van der Waals surface area contributed by atoms with Crippen molar-refractivity contribution in [3.05, 3.63) is 63.0 Å². The number of hydrogen-bond acceptors (Lipinski definition) is 3. The lowest BCUT2D eigenvalue weighted by Crippen LogP contribution is -2.39. The van der Waals surface area contributed by atoms with E-state index in [1.165, 1.54) is 19.2 Å². The van der Waals surface area contributed by atoms with Crippen LogP contribution in [0.5, 0.6) is 0 Å². The van der Waals surface area contributed by atoms with Crippen LogP contribution >= 0.6 is 31.9 Å². The molecule has 8 heteroatoms. The van der Waals surface area contributed by atoms with E-state index >= 15 is 0 Å². The molecule has 1 N–H and O–H groups in total. The molecule has 0 aromatic heterocycles. The summed E-state index contributed by atoms with van der Waals surface area (Å²) in [5.41, 5.74) is 0.932. The van der Waals surface area contributed by atoms with Crippen LogP contribution in [0.3, 0.4) is 0 Å². The van der Waals surface area contributed by atoms with Gasteiger partial charge in [0.1, 0.15) is 0 Å². The average Bonchev–Trinajstić information content (AvgIpc) is 2.55. The standard InChI is InChI=1S/C17H18Br2N2O3S/c1-12(13-4-3-5-15(19)10-13)20-17(22)11-21(2)25(23,24)16-8-6-14(18)7-9-16/h3-10,12H,11H2,1-2H3,(H,20,22)/t12-/m1/s1. The lowest BCUT2D eigenvalue weighted by molar-refractivity contribution is -0.121. The highest BCUT2D eigenvalue weighted by molar-refractivity contribution is 9.10. The van der Waals surface area contributed by atoms with Crippen LogP contribution in [0.2, 0.25) is 0 Å². The van der Waals surface area contributed by atoms with Crippen molar-refractivity contribution in [2.75, 3.05) is 13.6 Å². The van der Waals surface area contributed by atoms with E-state index in [1.807, 2.05) is 31.2 Å². The lowest BCUT2D eigenvalue weighted by Gasteiger charge is -2.19. The van der Waals surface area contributed by atoms with Crippen molar-refractivity contribution in [3.8, 4) is 0 Å². The van der Waals surface area contributed by atoms with Crippen LogP contribution in [0.1, 0.15) is 18.5 Å². The molecule has 1 amide bonds. The highest BCUT2D eigenvalue weighted by Crippen LogP contribution is 2.19. The van der Waals surface area contributed by atoms with Gasteiger partial charge in [0, 0.05) is 16.0 Å². The summed E-state index contributed by atoms with van der Waals surface area (Å²) < 4.78 is 27.8. The Morgan fingerprint density at radius 1 is 1.12 bits per heavy atom. The number of likely N-dealkylation sites (N-methyl/N-ethyl adjacent to an activating group) is 1. The van der Waals surface area contributed by atoms with Crippen LogP contribution in [-0.2, 0) is 14.8 Å². The zero-order valence-electron chi connectivity index (χ0n) is 13.7. The van der Waals surface area contributed by atoms with Crippen LogP contribution in [0.25, 0.3) is 0 Å². The summed E-state index contributed by atoms with van der Waals surface area (Å²) in [6, 6.07) is 13.7. The highest BCUT2D eigenvalue weighted by atomic mass is 79.9.